The number of carbonyl (C=O) groups excluding carboxylic acids is 1. The molecule has 4 atom stereocenters. The average Bonchev–Trinajstić information content (AvgIpc) is 3.28. The summed E-state index contributed by atoms with van der Waals surface area (Å²) in [4.78, 5) is 14.3. The number of hydrogen-bond acceptors (Lipinski definition) is 4. The summed E-state index contributed by atoms with van der Waals surface area (Å²) in [5.41, 5.74) is 2.06. The van der Waals surface area contributed by atoms with Gasteiger partial charge in [0.2, 0.25) is 0 Å². The number of ketones is 1. The van der Waals surface area contributed by atoms with Crippen LogP contribution >= 0.6 is 0 Å². The van der Waals surface area contributed by atoms with E-state index in [1.165, 1.54) is 0 Å². The molecule has 0 saturated heterocycles. The molecule has 1 N–H and O–H groups in total. The lowest BCUT2D eigenvalue weighted by Gasteiger charge is -2.33. The number of Topliss-reactive ketones (excluding diaryl/α,β-unsaturated/α-hetero) is 1. The molecular weight excluding hydrogens is 448 g/mol. The molecule has 1 aliphatic carbocycles. The van der Waals surface area contributed by atoms with Gasteiger partial charge < -0.3 is 14.6 Å². The van der Waals surface area contributed by atoms with E-state index in [0.29, 0.717) is 23.5 Å². The van der Waals surface area contributed by atoms with Gasteiger partial charge in [0.15, 0.2) is 5.78 Å². The summed E-state index contributed by atoms with van der Waals surface area (Å²) in [5.74, 6) is 0.362. The van der Waals surface area contributed by atoms with E-state index in [2.05, 4.69) is 24.3 Å². The fraction of sp³-hybridized carbons (Fsp3) is 0.219. The van der Waals surface area contributed by atoms with Crippen LogP contribution in [0.4, 0.5) is 0 Å². The predicted octanol–water partition coefficient (Wildman–Crippen LogP) is 6.36. The minimum Gasteiger partial charge on any atom is -0.497 e. The average molecular weight is 479 g/mol. The van der Waals surface area contributed by atoms with Crippen LogP contribution in [0.2, 0.25) is 0 Å². The molecule has 1 fully saturated rings. The summed E-state index contributed by atoms with van der Waals surface area (Å²) in [6.07, 6.45) is 0.426. The van der Waals surface area contributed by atoms with Crippen molar-refractivity contribution in [2.75, 3.05) is 14.2 Å². The Kier molecular flexibility index (Phi) is 6.62. The minimum atomic E-state index is -1.37. The molecule has 5 rings (SSSR count). The third kappa shape index (κ3) is 4.29. The summed E-state index contributed by atoms with van der Waals surface area (Å²) >= 11 is 0. The summed E-state index contributed by atoms with van der Waals surface area (Å²) in [6.45, 7) is 0. The monoisotopic (exact) mass is 478 g/mol. The topological polar surface area (TPSA) is 55.8 Å². The Balaban J connectivity index is 1.69. The Bertz CT molecular complexity index is 1300. The molecule has 4 aromatic rings. The van der Waals surface area contributed by atoms with E-state index in [1.807, 2.05) is 60.7 Å². The van der Waals surface area contributed by atoms with Crippen LogP contribution in [0.25, 0.3) is 0 Å². The second kappa shape index (κ2) is 10.00. The molecule has 0 heterocycles. The van der Waals surface area contributed by atoms with Crippen LogP contribution in [-0.2, 0) is 5.60 Å². The highest BCUT2D eigenvalue weighted by atomic mass is 16.5. The molecule has 1 aliphatic rings. The van der Waals surface area contributed by atoms with Crippen molar-refractivity contribution in [2.24, 2.45) is 5.92 Å². The maximum atomic E-state index is 14.3. The Hall–Kier alpha value is -3.89. The van der Waals surface area contributed by atoms with E-state index in [4.69, 9.17) is 9.47 Å². The number of rotatable bonds is 7. The molecule has 4 unspecified atom stereocenters. The fourth-order valence-electron chi connectivity index (χ4n) is 5.74. The highest BCUT2D eigenvalue weighted by Gasteiger charge is 2.57. The van der Waals surface area contributed by atoms with E-state index in [-0.39, 0.29) is 17.6 Å². The van der Waals surface area contributed by atoms with Gasteiger partial charge in [0.25, 0.3) is 0 Å². The zero-order valence-electron chi connectivity index (χ0n) is 20.5. The van der Waals surface area contributed by atoms with Crippen LogP contribution in [-0.4, -0.2) is 25.1 Å². The van der Waals surface area contributed by atoms with Gasteiger partial charge in [0, 0.05) is 11.5 Å². The Labute approximate surface area is 212 Å². The van der Waals surface area contributed by atoms with Crippen LogP contribution in [0.1, 0.15) is 45.3 Å². The third-order valence-corrected chi connectivity index (χ3v) is 7.50. The lowest BCUT2D eigenvalue weighted by atomic mass is 9.73. The van der Waals surface area contributed by atoms with Gasteiger partial charge in [0.05, 0.1) is 20.1 Å². The van der Waals surface area contributed by atoms with Gasteiger partial charge in [0.1, 0.15) is 17.1 Å². The third-order valence-electron chi connectivity index (χ3n) is 7.50. The standard InChI is InChI=1S/C32H30O4/c1-35-26-17-13-24(14-18-26)31(33)30-29(23-11-7-4-8-12-23)28(22-9-5-3-6-10-22)21-32(30,34)25-15-19-27(36-2)20-16-25/h3-20,28-30,34H,21H2,1-2H3. The molecule has 4 heteroatoms. The molecule has 0 bridgehead atoms. The SMILES string of the molecule is COc1ccc(C(=O)C2C(c3ccccc3)C(c3ccccc3)CC2(O)c2ccc(OC)cc2)cc1. The van der Waals surface area contributed by atoms with Gasteiger partial charge in [-0.25, -0.2) is 0 Å². The Morgan fingerprint density at radius 3 is 1.75 bits per heavy atom. The van der Waals surface area contributed by atoms with Crippen molar-refractivity contribution in [3.8, 4) is 11.5 Å². The summed E-state index contributed by atoms with van der Waals surface area (Å²) < 4.78 is 10.6. The molecule has 0 spiro atoms. The Morgan fingerprint density at radius 1 is 0.722 bits per heavy atom. The number of benzene rings is 4. The fourth-order valence-corrected chi connectivity index (χ4v) is 5.74. The predicted molar refractivity (Wildman–Crippen MR) is 141 cm³/mol. The second-order valence-electron chi connectivity index (χ2n) is 9.38. The first-order valence-electron chi connectivity index (χ1n) is 12.2. The van der Waals surface area contributed by atoms with Crippen molar-refractivity contribution in [1.29, 1.82) is 0 Å². The number of carbonyl (C=O) groups is 1. The van der Waals surface area contributed by atoms with Gasteiger partial charge in [-0.15, -0.1) is 0 Å². The highest BCUT2D eigenvalue weighted by Crippen LogP contribution is 2.59. The number of hydrogen-bond donors (Lipinski definition) is 1. The minimum absolute atomic E-state index is 0.0482. The van der Waals surface area contributed by atoms with Crippen molar-refractivity contribution in [3.63, 3.8) is 0 Å². The lowest BCUT2D eigenvalue weighted by molar-refractivity contribution is -0.000278. The van der Waals surface area contributed by atoms with Gasteiger partial charge in [-0.05, 0) is 65.4 Å². The molecule has 0 amide bonds. The van der Waals surface area contributed by atoms with E-state index in [9.17, 15) is 9.90 Å². The normalized spacial score (nSPS) is 23.2. The summed E-state index contributed by atoms with van der Waals surface area (Å²) in [6, 6.07) is 34.9. The van der Waals surface area contributed by atoms with E-state index in [0.717, 1.165) is 16.7 Å². The molecule has 4 aromatic carbocycles. The van der Waals surface area contributed by atoms with Gasteiger partial charge >= 0.3 is 0 Å². The van der Waals surface area contributed by atoms with E-state index in [1.54, 1.807) is 38.5 Å². The van der Waals surface area contributed by atoms with Crippen molar-refractivity contribution in [1.82, 2.24) is 0 Å². The smallest absolute Gasteiger partial charge is 0.169 e. The Morgan fingerprint density at radius 2 is 1.22 bits per heavy atom. The molecule has 0 aliphatic heterocycles. The number of aliphatic hydroxyl groups is 1. The highest BCUT2D eigenvalue weighted by molar-refractivity contribution is 6.00. The van der Waals surface area contributed by atoms with Crippen molar-refractivity contribution in [3.05, 3.63) is 131 Å². The zero-order chi connectivity index (χ0) is 25.1. The summed E-state index contributed by atoms with van der Waals surface area (Å²) in [5, 5.41) is 12.5. The maximum absolute atomic E-state index is 14.3. The van der Waals surface area contributed by atoms with Crippen LogP contribution in [0, 0.1) is 5.92 Å². The first-order chi connectivity index (χ1) is 17.5. The molecule has 0 radical (unpaired) electrons. The molecule has 0 aromatic heterocycles. The molecule has 4 nitrogen and oxygen atoms in total. The van der Waals surface area contributed by atoms with Gasteiger partial charge in [-0.2, -0.15) is 0 Å². The van der Waals surface area contributed by atoms with Crippen LogP contribution in [0.3, 0.4) is 0 Å². The molecule has 1 saturated carbocycles. The zero-order valence-corrected chi connectivity index (χ0v) is 20.5. The van der Waals surface area contributed by atoms with Crippen molar-refractivity contribution in [2.45, 2.75) is 23.9 Å². The molecule has 36 heavy (non-hydrogen) atoms. The van der Waals surface area contributed by atoms with Gasteiger partial charge in [-0.1, -0.05) is 72.8 Å². The summed E-state index contributed by atoms with van der Waals surface area (Å²) in [7, 11) is 3.22. The van der Waals surface area contributed by atoms with E-state index < -0.39 is 11.5 Å². The van der Waals surface area contributed by atoms with Crippen LogP contribution < -0.4 is 9.47 Å². The first kappa shape index (κ1) is 23.8. The number of ether oxygens (including phenoxy) is 2. The van der Waals surface area contributed by atoms with Crippen LogP contribution in [0.5, 0.6) is 11.5 Å². The van der Waals surface area contributed by atoms with E-state index >= 15 is 0 Å². The lowest BCUT2D eigenvalue weighted by Crippen LogP contribution is -2.38. The molecular formula is C32H30O4. The quantitative estimate of drug-likeness (QED) is 0.314. The van der Waals surface area contributed by atoms with Crippen LogP contribution in [0.15, 0.2) is 109 Å². The van der Waals surface area contributed by atoms with Crippen molar-refractivity contribution >= 4 is 5.78 Å². The van der Waals surface area contributed by atoms with Crippen molar-refractivity contribution < 1.29 is 19.4 Å². The molecule has 182 valence electrons. The number of methoxy groups -OCH3 is 2. The first-order valence-corrected chi connectivity index (χ1v) is 12.2. The second-order valence-corrected chi connectivity index (χ2v) is 9.38. The van der Waals surface area contributed by atoms with Gasteiger partial charge in [-0.3, -0.25) is 4.79 Å². The maximum Gasteiger partial charge on any atom is 0.169 e. The largest absolute Gasteiger partial charge is 0.497 e.